The van der Waals surface area contributed by atoms with Crippen LogP contribution < -0.4 is 20.0 Å². The van der Waals surface area contributed by atoms with E-state index in [1.165, 1.54) is 20.9 Å². The van der Waals surface area contributed by atoms with E-state index < -0.39 is 36.4 Å². The highest BCUT2D eigenvalue weighted by molar-refractivity contribution is 5.72. The van der Waals surface area contributed by atoms with Crippen molar-refractivity contribution in [3.63, 3.8) is 0 Å². The molecule has 0 aromatic heterocycles. The molecule has 0 radical (unpaired) electrons. The van der Waals surface area contributed by atoms with Gasteiger partial charge in [0.05, 0.1) is 40.1 Å². The lowest BCUT2D eigenvalue weighted by Gasteiger charge is -2.27. The van der Waals surface area contributed by atoms with Crippen LogP contribution in [0.3, 0.4) is 0 Å². The maximum Gasteiger partial charge on any atom is 0.122 e. The average molecular weight is 481 g/mol. The molecule has 0 aliphatic heterocycles. The second-order valence-corrected chi connectivity index (χ2v) is 8.25. The van der Waals surface area contributed by atoms with E-state index in [0.717, 1.165) is 13.1 Å². The van der Waals surface area contributed by atoms with Gasteiger partial charge in [0.15, 0.2) is 0 Å². The van der Waals surface area contributed by atoms with Crippen LogP contribution in [-0.2, 0) is 22.7 Å². The number of nitrogens with one attached hydrogen (secondary N) is 2. The molecule has 0 bridgehead atoms. The van der Waals surface area contributed by atoms with Crippen molar-refractivity contribution in [3.8, 4) is 0 Å². The third-order valence-corrected chi connectivity index (χ3v) is 4.28. The fourth-order valence-corrected chi connectivity index (χ4v) is 2.66. The normalized spacial score (nSPS) is 14.1. The van der Waals surface area contributed by atoms with Gasteiger partial charge in [0, 0.05) is 11.1 Å². The van der Waals surface area contributed by atoms with Gasteiger partial charge >= 0.3 is 0 Å². The Hall–Kier alpha value is -2.86. The molecule has 4 atom stereocenters. The van der Waals surface area contributed by atoms with Gasteiger partial charge in [-0.1, -0.05) is 60.7 Å². The number of aliphatic hydroxyl groups excluding tert-OH is 4. The summed E-state index contributed by atoms with van der Waals surface area (Å²) in [5.41, 5.74) is 2.81. The molecule has 2 rings (SSSR count). The fourth-order valence-electron chi connectivity index (χ4n) is 2.66. The largest absolute Gasteiger partial charge is 0.547 e. The van der Waals surface area contributed by atoms with Gasteiger partial charge < -0.3 is 50.0 Å². The molecule has 0 aliphatic carbocycles. The van der Waals surface area contributed by atoms with Crippen molar-refractivity contribution in [3.05, 3.63) is 71.8 Å². The molecule has 0 saturated heterocycles. The Morgan fingerprint density at radius 1 is 0.647 bits per heavy atom. The molecule has 0 unspecified atom stereocenters. The van der Waals surface area contributed by atoms with Crippen LogP contribution >= 0.6 is 0 Å². The summed E-state index contributed by atoms with van der Waals surface area (Å²) in [6.45, 7) is 2.22. The van der Waals surface area contributed by atoms with Crippen LogP contribution in [0.15, 0.2) is 60.7 Å². The van der Waals surface area contributed by atoms with Gasteiger partial charge in [-0.2, -0.15) is 0 Å². The van der Waals surface area contributed by atoms with Crippen LogP contribution in [-0.4, -0.2) is 85.0 Å². The van der Waals surface area contributed by atoms with Crippen LogP contribution in [0.2, 0.25) is 0 Å². The summed E-state index contributed by atoms with van der Waals surface area (Å²) >= 11 is 0. The standard InChI is InChI=1S/2C9H13N.C6H10O8/c2*1-10(2)8-9-6-4-3-5-7-9;7-1(3(9)5(11)12)2(8)4(10)6(13)14/h2*3-7H,8H2,1-2H3;1-4,7-10H,(H,11,12)(H,13,14)/t;;1-,2-,3-,4+/m..0/s1. The molecule has 0 heterocycles. The number of aliphatic carboxylic acids is 2. The van der Waals surface area contributed by atoms with E-state index in [1.54, 1.807) is 0 Å². The molecule has 0 fully saturated rings. The van der Waals surface area contributed by atoms with E-state index >= 15 is 0 Å². The lowest BCUT2D eigenvalue weighted by Crippen LogP contribution is -3.04. The Kier molecular flexibility index (Phi) is 15.3. The number of hydrogen-bond donors (Lipinski definition) is 6. The van der Waals surface area contributed by atoms with E-state index in [2.05, 4.69) is 88.9 Å². The van der Waals surface area contributed by atoms with E-state index in [-0.39, 0.29) is 0 Å². The van der Waals surface area contributed by atoms with E-state index in [0.29, 0.717) is 0 Å². The highest BCUT2D eigenvalue weighted by Crippen LogP contribution is 2.04. The van der Waals surface area contributed by atoms with Crippen LogP contribution in [0.25, 0.3) is 0 Å². The molecule has 34 heavy (non-hydrogen) atoms. The van der Waals surface area contributed by atoms with E-state index in [9.17, 15) is 19.8 Å². The number of aliphatic hydroxyl groups is 4. The first-order chi connectivity index (χ1) is 15.9. The molecule has 6 N–H and O–H groups in total. The SMILES string of the molecule is C[NH+](C)Cc1ccccc1.C[NH+](C)Cc1ccccc1.O=C([O-])[C@@H](O)[C@@H](O)[C@H](O)[C@@H](O)C(=O)[O-]. The number of carboxylic acids is 2. The number of quaternary nitrogens is 2. The number of benzene rings is 2. The molecular weight excluding hydrogens is 444 g/mol. The van der Waals surface area contributed by atoms with Gasteiger partial charge in [0.1, 0.15) is 37.5 Å². The lowest BCUT2D eigenvalue weighted by atomic mass is 10.0. The van der Waals surface area contributed by atoms with Gasteiger partial charge in [-0.05, 0) is 0 Å². The Morgan fingerprint density at radius 2 is 0.912 bits per heavy atom. The Labute approximate surface area is 199 Å². The quantitative estimate of drug-likeness (QED) is 0.207. The summed E-state index contributed by atoms with van der Waals surface area (Å²) in [7, 11) is 8.64. The minimum absolute atomic E-state index is 1.11. The molecule has 2 aromatic rings. The molecular formula is C24H36N2O8. The summed E-state index contributed by atoms with van der Waals surface area (Å²) in [5, 5.41) is 54.7. The number of rotatable bonds is 9. The second-order valence-electron chi connectivity index (χ2n) is 8.25. The molecule has 2 aromatic carbocycles. The molecule has 190 valence electrons. The third-order valence-electron chi connectivity index (χ3n) is 4.28. The summed E-state index contributed by atoms with van der Waals surface area (Å²) in [6, 6.07) is 21.1. The van der Waals surface area contributed by atoms with Crippen molar-refractivity contribution < 1.29 is 50.0 Å². The smallest absolute Gasteiger partial charge is 0.122 e. The van der Waals surface area contributed by atoms with Crippen molar-refractivity contribution >= 4 is 11.9 Å². The summed E-state index contributed by atoms with van der Waals surface area (Å²) < 4.78 is 0. The molecule has 10 heteroatoms. The van der Waals surface area contributed by atoms with Crippen molar-refractivity contribution in [1.29, 1.82) is 0 Å². The number of carboxylic acid groups (broad SMARTS) is 2. The molecule has 10 nitrogen and oxygen atoms in total. The highest BCUT2D eigenvalue weighted by Gasteiger charge is 2.31. The number of carbonyl (C=O) groups is 2. The Bertz CT molecular complexity index is 749. The summed E-state index contributed by atoms with van der Waals surface area (Å²) in [4.78, 5) is 22.8. The predicted octanol–water partition coefficient (Wildman–Crippen LogP) is -5.41. The maximum atomic E-state index is 9.96. The van der Waals surface area contributed by atoms with Crippen molar-refractivity contribution in [2.45, 2.75) is 37.5 Å². The van der Waals surface area contributed by atoms with Crippen LogP contribution in [0, 0.1) is 0 Å². The van der Waals surface area contributed by atoms with Gasteiger partial charge in [0.2, 0.25) is 0 Å². The van der Waals surface area contributed by atoms with Gasteiger partial charge in [-0.25, -0.2) is 0 Å². The first kappa shape index (κ1) is 31.1. The highest BCUT2D eigenvalue weighted by atomic mass is 16.4. The molecule has 0 spiro atoms. The lowest BCUT2D eigenvalue weighted by molar-refractivity contribution is -0.872. The monoisotopic (exact) mass is 480 g/mol. The number of carbonyl (C=O) groups excluding carboxylic acids is 2. The first-order valence-corrected chi connectivity index (χ1v) is 10.7. The topological polar surface area (TPSA) is 170 Å². The van der Waals surface area contributed by atoms with Crippen molar-refractivity contribution in [2.75, 3.05) is 28.2 Å². The number of hydrogen-bond acceptors (Lipinski definition) is 8. The van der Waals surface area contributed by atoms with Gasteiger partial charge in [-0.3, -0.25) is 0 Å². The van der Waals surface area contributed by atoms with Gasteiger partial charge in [-0.15, -0.1) is 0 Å². The van der Waals surface area contributed by atoms with E-state index in [4.69, 9.17) is 20.4 Å². The summed E-state index contributed by atoms with van der Waals surface area (Å²) in [5.74, 6) is -4.22. The second kappa shape index (κ2) is 16.7. The van der Waals surface area contributed by atoms with Crippen molar-refractivity contribution in [1.82, 2.24) is 0 Å². The zero-order valence-electron chi connectivity index (χ0n) is 19.9. The minimum Gasteiger partial charge on any atom is -0.547 e. The minimum atomic E-state index is -2.50. The zero-order chi connectivity index (χ0) is 26.3. The predicted molar refractivity (Wildman–Crippen MR) is 120 cm³/mol. The van der Waals surface area contributed by atoms with Crippen LogP contribution in [0.4, 0.5) is 0 Å². The van der Waals surface area contributed by atoms with Crippen LogP contribution in [0.1, 0.15) is 11.1 Å². The zero-order valence-corrected chi connectivity index (χ0v) is 19.9. The Morgan fingerprint density at radius 3 is 1.12 bits per heavy atom. The average Bonchev–Trinajstić information content (AvgIpc) is 2.78. The maximum absolute atomic E-state index is 9.96. The van der Waals surface area contributed by atoms with Crippen molar-refractivity contribution in [2.24, 2.45) is 0 Å². The third kappa shape index (κ3) is 13.6. The molecule has 0 amide bonds. The van der Waals surface area contributed by atoms with Crippen LogP contribution in [0.5, 0.6) is 0 Å². The van der Waals surface area contributed by atoms with Gasteiger partial charge in [0.25, 0.3) is 0 Å². The Balaban J connectivity index is 0.000000489. The first-order valence-electron chi connectivity index (χ1n) is 10.7. The summed E-state index contributed by atoms with van der Waals surface area (Å²) in [6.07, 6.45) is -9.76. The van der Waals surface area contributed by atoms with E-state index in [1.807, 2.05) is 0 Å². The fraction of sp³-hybridized carbons (Fsp3) is 0.417. The molecule has 0 saturated carbocycles. The molecule has 0 aliphatic rings.